The van der Waals surface area contributed by atoms with E-state index in [2.05, 4.69) is 9.97 Å². The van der Waals surface area contributed by atoms with Crippen LogP contribution in [-0.2, 0) is 0 Å². The summed E-state index contributed by atoms with van der Waals surface area (Å²) in [6, 6.07) is 10.1. The van der Waals surface area contributed by atoms with Gasteiger partial charge in [-0.2, -0.15) is 0 Å². The highest BCUT2D eigenvalue weighted by molar-refractivity contribution is 7.16. The van der Waals surface area contributed by atoms with Gasteiger partial charge in [0.1, 0.15) is 5.69 Å². The van der Waals surface area contributed by atoms with Crippen LogP contribution in [-0.4, -0.2) is 21.5 Å². The van der Waals surface area contributed by atoms with Crippen LogP contribution in [0.5, 0.6) is 0 Å². The molecule has 0 atom stereocenters. The number of hydrogen-bond donors (Lipinski definition) is 0. The van der Waals surface area contributed by atoms with Gasteiger partial charge in [0.2, 0.25) is 5.78 Å². The molecule has 20 heavy (non-hydrogen) atoms. The van der Waals surface area contributed by atoms with Gasteiger partial charge in [-0.1, -0.05) is 6.07 Å². The van der Waals surface area contributed by atoms with Crippen molar-refractivity contribution >= 4 is 33.1 Å². The Hall–Kier alpha value is -2.40. The lowest BCUT2D eigenvalue weighted by atomic mass is 10.0. The molecule has 0 bridgehead atoms. The van der Waals surface area contributed by atoms with E-state index < -0.39 is 11.6 Å². The Kier molecular flexibility index (Phi) is 3.12. The summed E-state index contributed by atoms with van der Waals surface area (Å²) in [6.07, 6.45) is 0. The minimum Gasteiger partial charge on any atom is -0.285 e. The van der Waals surface area contributed by atoms with Crippen LogP contribution in [0.1, 0.15) is 26.5 Å². The fourth-order valence-electron chi connectivity index (χ4n) is 1.92. The Morgan fingerprint density at radius 1 is 1.10 bits per heavy atom. The van der Waals surface area contributed by atoms with E-state index in [1.54, 1.807) is 48.8 Å². The molecule has 0 saturated heterocycles. The van der Waals surface area contributed by atoms with Crippen molar-refractivity contribution < 1.29 is 9.59 Å². The van der Waals surface area contributed by atoms with Crippen molar-refractivity contribution in [3.05, 3.63) is 58.9 Å². The number of fused-ring (bicyclic) bond motifs is 1. The summed E-state index contributed by atoms with van der Waals surface area (Å²) in [5.74, 6) is -1.15. The van der Waals surface area contributed by atoms with E-state index in [4.69, 9.17) is 0 Å². The van der Waals surface area contributed by atoms with E-state index in [9.17, 15) is 9.59 Å². The second-order valence-electron chi connectivity index (χ2n) is 4.36. The first-order valence-corrected chi connectivity index (χ1v) is 6.89. The summed E-state index contributed by atoms with van der Waals surface area (Å²) in [4.78, 5) is 32.6. The Morgan fingerprint density at radius 2 is 1.95 bits per heavy atom. The van der Waals surface area contributed by atoms with Crippen molar-refractivity contribution in [1.82, 2.24) is 9.97 Å². The molecule has 3 aromatic rings. The maximum absolute atomic E-state index is 12.2. The number of benzene rings is 1. The van der Waals surface area contributed by atoms with E-state index in [1.165, 1.54) is 11.3 Å². The van der Waals surface area contributed by atoms with Crippen molar-refractivity contribution in [2.75, 3.05) is 0 Å². The van der Waals surface area contributed by atoms with Crippen LogP contribution < -0.4 is 0 Å². The molecule has 0 saturated carbocycles. The summed E-state index contributed by atoms with van der Waals surface area (Å²) in [7, 11) is 0. The van der Waals surface area contributed by atoms with Crippen LogP contribution >= 0.6 is 11.3 Å². The van der Waals surface area contributed by atoms with Gasteiger partial charge in [-0.25, -0.2) is 9.97 Å². The first-order valence-electron chi connectivity index (χ1n) is 6.01. The molecule has 3 rings (SSSR count). The monoisotopic (exact) mass is 282 g/mol. The number of aromatic nitrogens is 2. The molecule has 0 radical (unpaired) electrons. The fraction of sp³-hybridized carbons (Fsp3) is 0.0667. The summed E-state index contributed by atoms with van der Waals surface area (Å²) < 4.78 is 0.989. The molecule has 1 aromatic carbocycles. The number of carbonyl (C=O) groups is 2. The van der Waals surface area contributed by atoms with Crippen LogP contribution in [0, 0.1) is 6.92 Å². The SMILES string of the molecule is Cc1cccc(C(=O)C(=O)c2ccc3scnc3c2)n1. The average molecular weight is 282 g/mol. The lowest BCUT2D eigenvalue weighted by molar-refractivity contribution is 0.0814. The molecule has 0 N–H and O–H groups in total. The summed E-state index contributed by atoms with van der Waals surface area (Å²) >= 11 is 1.49. The quantitative estimate of drug-likeness (QED) is 0.547. The molecular formula is C15H10N2O2S. The fourth-order valence-corrected chi connectivity index (χ4v) is 2.57. The van der Waals surface area contributed by atoms with Gasteiger partial charge in [0.15, 0.2) is 0 Å². The number of rotatable bonds is 3. The zero-order valence-electron chi connectivity index (χ0n) is 10.7. The molecule has 0 aliphatic rings. The number of ketones is 2. The summed E-state index contributed by atoms with van der Waals surface area (Å²) in [6.45, 7) is 1.78. The smallest absolute Gasteiger partial charge is 0.251 e. The average Bonchev–Trinajstić information content (AvgIpc) is 2.93. The number of aryl methyl sites for hydroxylation is 1. The Bertz CT molecular complexity index is 823. The number of pyridine rings is 1. The number of carbonyl (C=O) groups excluding carboxylic acids is 2. The predicted molar refractivity (Wildman–Crippen MR) is 77.3 cm³/mol. The van der Waals surface area contributed by atoms with Gasteiger partial charge in [0.25, 0.3) is 5.78 Å². The van der Waals surface area contributed by atoms with Gasteiger partial charge in [-0.05, 0) is 37.3 Å². The van der Waals surface area contributed by atoms with Gasteiger partial charge in [0, 0.05) is 11.3 Å². The van der Waals surface area contributed by atoms with Crippen molar-refractivity contribution in [2.24, 2.45) is 0 Å². The second-order valence-corrected chi connectivity index (χ2v) is 5.24. The van der Waals surface area contributed by atoms with Crippen LogP contribution in [0.2, 0.25) is 0 Å². The molecule has 0 aliphatic carbocycles. The maximum Gasteiger partial charge on any atom is 0.251 e. The normalized spacial score (nSPS) is 10.7. The van der Waals surface area contributed by atoms with E-state index in [0.717, 1.165) is 10.2 Å². The highest BCUT2D eigenvalue weighted by Gasteiger charge is 2.20. The van der Waals surface area contributed by atoms with E-state index in [1.807, 2.05) is 0 Å². The van der Waals surface area contributed by atoms with E-state index in [0.29, 0.717) is 11.3 Å². The largest absolute Gasteiger partial charge is 0.285 e. The Labute approximate surface area is 119 Å². The third-order valence-electron chi connectivity index (χ3n) is 2.92. The van der Waals surface area contributed by atoms with Crippen molar-refractivity contribution in [3.63, 3.8) is 0 Å². The summed E-state index contributed by atoms with van der Waals surface area (Å²) in [5, 5.41) is 0. The predicted octanol–water partition coefficient (Wildman–Crippen LogP) is 3.07. The Balaban J connectivity index is 1.97. The molecule has 2 heterocycles. The van der Waals surface area contributed by atoms with Crippen molar-refractivity contribution in [2.45, 2.75) is 6.92 Å². The molecule has 0 unspecified atom stereocenters. The van der Waals surface area contributed by atoms with Gasteiger partial charge < -0.3 is 0 Å². The number of thiazole rings is 1. The number of Topliss-reactive ketones (excluding diaryl/α,β-unsaturated/α-hetero) is 2. The number of nitrogens with zero attached hydrogens (tertiary/aromatic N) is 2. The zero-order chi connectivity index (χ0) is 14.1. The summed E-state index contributed by atoms with van der Waals surface area (Å²) in [5.41, 5.74) is 3.66. The maximum atomic E-state index is 12.2. The topological polar surface area (TPSA) is 59.9 Å². The van der Waals surface area contributed by atoms with Gasteiger partial charge in [-0.3, -0.25) is 9.59 Å². The molecule has 5 heteroatoms. The third kappa shape index (κ3) is 2.23. The standard InChI is InChI=1S/C15H10N2O2S/c1-9-3-2-4-11(17-9)15(19)14(18)10-5-6-13-12(7-10)16-8-20-13/h2-8H,1H3. The molecule has 0 fully saturated rings. The third-order valence-corrected chi connectivity index (χ3v) is 3.73. The first kappa shape index (κ1) is 12.6. The van der Waals surface area contributed by atoms with Crippen LogP contribution in [0.4, 0.5) is 0 Å². The molecule has 0 aliphatic heterocycles. The highest BCUT2D eigenvalue weighted by Crippen LogP contribution is 2.19. The van der Waals surface area contributed by atoms with Gasteiger partial charge in [-0.15, -0.1) is 11.3 Å². The first-order chi connectivity index (χ1) is 9.65. The van der Waals surface area contributed by atoms with E-state index >= 15 is 0 Å². The number of hydrogen-bond acceptors (Lipinski definition) is 5. The molecule has 0 amide bonds. The highest BCUT2D eigenvalue weighted by atomic mass is 32.1. The molecule has 0 spiro atoms. The molecular weight excluding hydrogens is 272 g/mol. The Morgan fingerprint density at radius 3 is 2.75 bits per heavy atom. The lowest BCUT2D eigenvalue weighted by Gasteiger charge is -2.01. The minimum atomic E-state index is -0.594. The molecule has 4 nitrogen and oxygen atoms in total. The van der Waals surface area contributed by atoms with E-state index in [-0.39, 0.29) is 5.69 Å². The van der Waals surface area contributed by atoms with Crippen LogP contribution in [0.15, 0.2) is 41.9 Å². The van der Waals surface area contributed by atoms with Gasteiger partial charge >= 0.3 is 0 Å². The minimum absolute atomic E-state index is 0.174. The van der Waals surface area contributed by atoms with Crippen LogP contribution in [0.3, 0.4) is 0 Å². The van der Waals surface area contributed by atoms with Gasteiger partial charge in [0.05, 0.1) is 15.7 Å². The molecule has 2 aromatic heterocycles. The lowest BCUT2D eigenvalue weighted by Crippen LogP contribution is -2.16. The zero-order valence-corrected chi connectivity index (χ0v) is 11.5. The van der Waals surface area contributed by atoms with Crippen molar-refractivity contribution in [3.8, 4) is 0 Å². The van der Waals surface area contributed by atoms with Crippen molar-refractivity contribution in [1.29, 1.82) is 0 Å². The van der Waals surface area contributed by atoms with Crippen LogP contribution in [0.25, 0.3) is 10.2 Å². The second kappa shape index (κ2) is 4.94. The molecule has 98 valence electrons.